The second-order valence-corrected chi connectivity index (χ2v) is 6.45. The number of ether oxygens (including phenoxy) is 1. The average Bonchev–Trinajstić information content (AvgIpc) is 2.81. The normalized spacial score (nSPS) is 12.4. The highest BCUT2D eigenvalue weighted by atomic mass is 16.5. The lowest BCUT2D eigenvalue weighted by Crippen LogP contribution is -2.39. The largest absolute Gasteiger partial charge is 0.345 e. The second kappa shape index (κ2) is 9.58. The maximum atomic E-state index is 12.6. The fourth-order valence-corrected chi connectivity index (χ4v) is 3.37. The van der Waals surface area contributed by atoms with Gasteiger partial charge in [0.05, 0.1) is 0 Å². The van der Waals surface area contributed by atoms with Gasteiger partial charge < -0.3 is 4.74 Å². The molecule has 29 heavy (non-hydrogen) atoms. The molecular formula is C26H22O3. The van der Waals surface area contributed by atoms with E-state index in [-0.39, 0.29) is 5.78 Å². The minimum Gasteiger partial charge on any atom is -0.345 e. The summed E-state index contributed by atoms with van der Waals surface area (Å²) >= 11 is 0. The van der Waals surface area contributed by atoms with Gasteiger partial charge in [0.1, 0.15) is 18.0 Å². The van der Waals surface area contributed by atoms with E-state index in [1.807, 2.05) is 91.0 Å². The Balaban J connectivity index is 2.30. The van der Waals surface area contributed by atoms with E-state index in [1.54, 1.807) is 0 Å². The molecule has 0 amide bonds. The Morgan fingerprint density at radius 2 is 1.21 bits per heavy atom. The summed E-state index contributed by atoms with van der Waals surface area (Å²) in [4.78, 5) is 23.5. The van der Waals surface area contributed by atoms with Crippen LogP contribution in [0, 0.1) is 0 Å². The zero-order valence-electron chi connectivity index (χ0n) is 16.0. The van der Waals surface area contributed by atoms with Gasteiger partial charge in [-0.25, -0.2) is 0 Å². The summed E-state index contributed by atoms with van der Waals surface area (Å²) in [6.07, 6.45) is 3.60. The molecule has 3 heteroatoms. The third-order valence-corrected chi connectivity index (χ3v) is 4.69. The lowest BCUT2D eigenvalue weighted by molar-refractivity contribution is -0.129. The van der Waals surface area contributed by atoms with Gasteiger partial charge in [0.2, 0.25) is 0 Å². The van der Waals surface area contributed by atoms with E-state index in [9.17, 15) is 9.59 Å². The summed E-state index contributed by atoms with van der Waals surface area (Å²) in [6.45, 7) is 3.59. The van der Waals surface area contributed by atoms with Crippen LogP contribution in [-0.4, -0.2) is 18.2 Å². The number of benzene rings is 3. The van der Waals surface area contributed by atoms with Crippen molar-refractivity contribution in [3.63, 3.8) is 0 Å². The van der Waals surface area contributed by atoms with Gasteiger partial charge in [-0.05, 0) is 34.9 Å². The van der Waals surface area contributed by atoms with Crippen molar-refractivity contribution in [3.05, 3.63) is 132 Å². The van der Waals surface area contributed by atoms with E-state index in [2.05, 4.69) is 6.58 Å². The van der Waals surface area contributed by atoms with Crippen molar-refractivity contribution in [1.82, 2.24) is 0 Å². The van der Waals surface area contributed by atoms with E-state index in [1.165, 1.54) is 18.2 Å². The molecule has 3 aromatic rings. The van der Waals surface area contributed by atoms with Crippen molar-refractivity contribution >= 4 is 12.1 Å². The van der Waals surface area contributed by atoms with Crippen molar-refractivity contribution in [3.8, 4) is 0 Å². The highest BCUT2D eigenvalue weighted by Gasteiger charge is 2.40. The van der Waals surface area contributed by atoms with Gasteiger partial charge in [0, 0.05) is 0 Å². The van der Waals surface area contributed by atoms with Gasteiger partial charge in [0.25, 0.3) is 0 Å². The molecule has 0 saturated carbocycles. The Morgan fingerprint density at radius 3 is 1.55 bits per heavy atom. The molecule has 0 spiro atoms. The van der Waals surface area contributed by atoms with Crippen LogP contribution >= 0.6 is 0 Å². The first-order chi connectivity index (χ1) is 14.2. The third-order valence-electron chi connectivity index (χ3n) is 4.69. The predicted molar refractivity (Wildman–Crippen MR) is 114 cm³/mol. The molecule has 144 valence electrons. The van der Waals surface area contributed by atoms with Crippen LogP contribution in [0.1, 0.15) is 16.7 Å². The first-order valence-electron chi connectivity index (χ1n) is 9.35. The Labute approximate surface area is 171 Å². The van der Waals surface area contributed by atoms with Crippen LogP contribution in [0.25, 0.3) is 0 Å². The van der Waals surface area contributed by atoms with E-state index in [0.717, 1.165) is 16.7 Å². The van der Waals surface area contributed by atoms with E-state index >= 15 is 0 Å². The average molecular weight is 382 g/mol. The van der Waals surface area contributed by atoms with Crippen molar-refractivity contribution in [2.75, 3.05) is 0 Å². The first kappa shape index (κ1) is 20.2. The van der Waals surface area contributed by atoms with Crippen LogP contribution < -0.4 is 0 Å². The topological polar surface area (TPSA) is 43.4 Å². The zero-order chi connectivity index (χ0) is 20.5. The fourth-order valence-electron chi connectivity index (χ4n) is 3.37. The SMILES string of the molecule is C=CC(=O)C(C=CC=O)OC(c1ccccc1)(c1ccccc1)c1ccccc1. The van der Waals surface area contributed by atoms with Gasteiger partial charge in [-0.15, -0.1) is 0 Å². The highest BCUT2D eigenvalue weighted by Crippen LogP contribution is 2.41. The number of aldehydes is 1. The lowest BCUT2D eigenvalue weighted by atomic mass is 9.79. The summed E-state index contributed by atoms with van der Waals surface area (Å²) in [5.74, 6) is -0.324. The van der Waals surface area contributed by atoms with E-state index < -0.39 is 11.7 Å². The Hall–Kier alpha value is -3.56. The number of hydrogen-bond donors (Lipinski definition) is 0. The number of rotatable bonds is 9. The van der Waals surface area contributed by atoms with Gasteiger partial charge in [-0.1, -0.05) is 97.6 Å². The maximum Gasteiger partial charge on any atom is 0.187 e. The minimum absolute atomic E-state index is 0.324. The number of carbonyl (C=O) groups is 2. The van der Waals surface area contributed by atoms with Gasteiger partial charge >= 0.3 is 0 Å². The molecule has 1 atom stereocenters. The molecule has 0 saturated heterocycles. The zero-order valence-corrected chi connectivity index (χ0v) is 16.0. The van der Waals surface area contributed by atoms with Crippen LogP contribution in [0.3, 0.4) is 0 Å². The van der Waals surface area contributed by atoms with Crippen LogP contribution in [0.4, 0.5) is 0 Å². The quantitative estimate of drug-likeness (QED) is 0.301. The second-order valence-electron chi connectivity index (χ2n) is 6.45. The number of ketones is 1. The van der Waals surface area contributed by atoms with Crippen molar-refractivity contribution < 1.29 is 14.3 Å². The minimum atomic E-state index is -1.06. The number of carbonyl (C=O) groups excluding carboxylic acids is 2. The molecule has 0 radical (unpaired) electrons. The van der Waals surface area contributed by atoms with Gasteiger partial charge in [-0.2, -0.15) is 0 Å². The summed E-state index contributed by atoms with van der Waals surface area (Å²) < 4.78 is 6.58. The molecule has 0 aliphatic heterocycles. The molecule has 1 unspecified atom stereocenters. The smallest absolute Gasteiger partial charge is 0.187 e. The monoisotopic (exact) mass is 382 g/mol. The summed E-state index contributed by atoms with van der Waals surface area (Å²) in [6, 6.07) is 29.2. The maximum absolute atomic E-state index is 12.6. The van der Waals surface area contributed by atoms with Crippen LogP contribution in [0.2, 0.25) is 0 Å². The van der Waals surface area contributed by atoms with Crippen molar-refractivity contribution in [2.24, 2.45) is 0 Å². The van der Waals surface area contributed by atoms with E-state index in [4.69, 9.17) is 4.74 Å². The highest BCUT2D eigenvalue weighted by molar-refractivity contribution is 5.95. The van der Waals surface area contributed by atoms with Crippen LogP contribution in [0.15, 0.2) is 116 Å². The molecule has 0 aromatic heterocycles. The molecule has 0 N–H and O–H groups in total. The predicted octanol–water partition coefficient (Wildman–Crippen LogP) is 4.87. The third kappa shape index (κ3) is 4.31. The molecule has 3 nitrogen and oxygen atoms in total. The molecule has 0 aliphatic carbocycles. The molecule has 0 heterocycles. The fraction of sp³-hybridized carbons (Fsp3) is 0.0769. The molecule has 0 aliphatic rings. The number of hydrogen-bond acceptors (Lipinski definition) is 3. The Bertz CT molecular complexity index is 880. The van der Waals surface area contributed by atoms with Crippen molar-refractivity contribution in [2.45, 2.75) is 11.7 Å². The lowest BCUT2D eigenvalue weighted by Gasteiger charge is -2.37. The van der Waals surface area contributed by atoms with E-state index in [0.29, 0.717) is 6.29 Å². The Morgan fingerprint density at radius 1 is 0.793 bits per heavy atom. The van der Waals surface area contributed by atoms with Gasteiger partial charge in [-0.3, -0.25) is 9.59 Å². The van der Waals surface area contributed by atoms with Gasteiger partial charge in [0.15, 0.2) is 5.78 Å². The number of allylic oxidation sites excluding steroid dienone is 1. The summed E-state index contributed by atoms with van der Waals surface area (Å²) in [5, 5.41) is 0. The van der Waals surface area contributed by atoms with Crippen LogP contribution in [-0.2, 0) is 19.9 Å². The summed E-state index contributed by atoms with van der Waals surface area (Å²) in [5.41, 5.74) is 1.57. The summed E-state index contributed by atoms with van der Waals surface area (Å²) in [7, 11) is 0. The molecule has 3 aromatic carbocycles. The molecule has 0 bridgehead atoms. The van der Waals surface area contributed by atoms with Crippen molar-refractivity contribution in [1.29, 1.82) is 0 Å². The Kier molecular flexibility index (Phi) is 6.67. The van der Waals surface area contributed by atoms with Crippen LogP contribution in [0.5, 0.6) is 0 Å². The molecule has 0 fully saturated rings. The molecular weight excluding hydrogens is 360 g/mol. The first-order valence-corrected chi connectivity index (χ1v) is 9.35. The standard InChI is InChI=1S/C26H22O3/c1-2-24(28)25(19-12-20-27)29-26(21-13-6-3-7-14-21,22-15-8-4-9-16-22)23-17-10-5-11-18-23/h2-20,25H,1H2. The molecule has 3 rings (SSSR count).